The Morgan fingerprint density at radius 1 is 1.36 bits per heavy atom. The lowest BCUT2D eigenvalue weighted by Gasteiger charge is -2.33. The van der Waals surface area contributed by atoms with Crippen molar-refractivity contribution in [3.05, 3.63) is 0 Å². The van der Waals surface area contributed by atoms with Gasteiger partial charge in [0.15, 0.2) is 0 Å². The zero-order valence-electron chi connectivity index (χ0n) is 7.48. The van der Waals surface area contributed by atoms with E-state index >= 15 is 0 Å². The highest BCUT2D eigenvalue weighted by Gasteiger charge is 2.27. The minimum atomic E-state index is 0.378. The molecular formula is C9H18N2. The second kappa shape index (κ2) is 2.84. The molecule has 0 unspecified atom stereocenters. The summed E-state index contributed by atoms with van der Waals surface area (Å²) in [5, 5.41) is 7.30. The summed E-state index contributed by atoms with van der Waals surface area (Å²) < 4.78 is 0. The number of rotatable bonds is 1. The van der Waals surface area contributed by atoms with Crippen molar-refractivity contribution in [2.24, 2.45) is 17.1 Å². The molecule has 0 amide bonds. The van der Waals surface area contributed by atoms with E-state index in [1.807, 2.05) is 0 Å². The zero-order chi connectivity index (χ0) is 8.48. The molecule has 1 aliphatic rings. The highest BCUT2D eigenvalue weighted by molar-refractivity contribution is 5.79. The Bertz CT molecular complexity index is 151. The van der Waals surface area contributed by atoms with E-state index in [9.17, 15) is 0 Å². The van der Waals surface area contributed by atoms with Gasteiger partial charge in [-0.3, -0.25) is 5.41 Å². The van der Waals surface area contributed by atoms with Crippen molar-refractivity contribution in [3.63, 3.8) is 0 Å². The van der Waals surface area contributed by atoms with Crippen LogP contribution in [0.15, 0.2) is 0 Å². The topological polar surface area (TPSA) is 49.9 Å². The minimum absolute atomic E-state index is 0.378. The van der Waals surface area contributed by atoms with Gasteiger partial charge in [0.2, 0.25) is 0 Å². The van der Waals surface area contributed by atoms with Crippen molar-refractivity contribution in [2.45, 2.75) is 39.5 Å². The molecule has 0 bridgehead atoms. The van der Waals surface area contributed by atoms with Crippen molar-refractivity contribution in [3.8, 4) is 0 Å². The fourth-order valence-electron chi connectivity index (χ4n) is 1.71. The van der Waals surface area contributed by atoms with Gasteiger partial charge in [-0.15, -0.1) is 0 Å². The fourth-order valence-corrected chi connectivity index (χ4v) is 1.71. The van der Waals surface area contributed by atoms with Gasteiger partial charge in [0.1, 0.15) is 0 Å². The summed E-state index contributed by atoms with van der Waals surface area (Å²) in [6.07, 6.45) is 4.67. The average molecular weight is 154 g/mol. The van der Waals surface area contributed by atoms with Crippen LogP contribution >= 0.6 is 0 Å². The molecule has 1 saturated carbocycles. The number of nitrogens with two attached hydrogens (primary N) is 1. The molecule has 2 nitrogen and oxygen atoms in total. The van der Waals surface area contributed by atoms with Crippen LogP contribution in [-0.2, 0) is 0 Å². The Hall–Kier alpha value is -0.530. The Balaban J connectivity index is 2.42. The highest BCUT2D eigenvalue weighted by atomic mass is 14.7. The average Bonchev–Trinajstić information content (AvgIpc) is 1.86. The summed E-state index contributed by atoms with van der Waals surface area (Å²) in [6, 6.07) is 0. The molecule has 64 valence electrons. The van der Waals surface area contributed by atoms with E-state index in [0.29, 0.717) is 17.2 Å². The number of hydrogen-bond donors (Lipinski definition) is 2. The van der Waals surface area contributed by atoms with Crippen LogP contribution in [-0.4, -0.2) is 5.84 Å². The van der Waals surface area contributed by atoms with Crippen LogP contribution in [0.4, 0.5) is 0 Å². The molecule has 0 radical (unpaired) electrons. The normalized spacial score (nSPS) is 24.9. The summed E-state index contributed by atoms with van der Waals surface area (Å²) in [5.74, 6) is 0.767. The first-order chi connectivity index (χ1) is 5.01. The summed E-state index contributed by atoms with van der Waals surface area (Å²) in [7, 11) is 0. The van der Waals surface area contributed by atoms with Gasteiger partial charge in [-0.2, -0.15) is 0 Å². The van der Waals surface area contributed by atoms with Gasteiger partial charge in [-0.1, -0.05) is 13.8 Å². The lowest BCUT2D eigenvalue weighted by atomic mass is 9.73. The van der Waals surface area contributed by atoms with Gasteiger partial charge in [0, 0.05) is 5.92 Å². The van der Waals surface area contributed by atoms with Crippen LogP contribution < -0.4 is 5.73 Å². The van der Waals surface area contributed by atoms with E-state index in [0.717, 1.165) is 12.8 Å². The first-order valence-corrected chi connectivity index (χ1v) is 4.35. The lowest BCUT2D eigenvalue weighted by Crippen LogP contribution is -2.29. The molecule has 0 aromatic carbocycles. The Kier molecular flexibility index (Phi) is 2.21. The van der Waals surface area contributed by atoms with Crippen molar-refractivity contribution in [1.82, 2.24) is 0 Å². The van der Waals surface area contributed by atoms with Crippen LogP contribution in [0.2, 0.25) is 0 Å². The number of hydrogen-bond acceptors (Lipinski definition) is 1. The molecule has 0 aromatic rings. The van der Waals surface area contributed by atoms with Crippen molar-refractivity contribution < 1.29 is 0 Å². The third kappa shape index (κ3) is 2.21. The Morgan fingerprint density at radius 2 is 1.82 bits per heavy atom. The third-order valence-corrected chi connectivity index (χ3v) is 2.78. The standard InChI is InChI=1S/C9H18N2/c1-9(2)5-3-7(4-6-9)8(10)11/h7H,3-6H2,1-2H3,(H3,10,11). The van der Waals surface area contributed by atoms with E-state index in [2.05, 4.69) is 13.8 Å². The van der Waals surface area contributed by atoms with Gasteiger partial charge in [-0.05, 0) is 31.1 Å². The molecule has 0 saturated heterocycles. The van der Waals surface area contributed by atoms with E-state index in [4.69, 9.17) is 11.1 Å². The van der Waals surface area contributed by atoms with Crippen LogP contribution in [0.5, 0.6) is 0 Å². The lowest BCUT2D eigenvalue weighted by molar-refractivity contribution is 0.220. The van der Waals surface area contributed by atoms with E-state index < -0.39 is 0 Å². The molecule has 2 heteroatoms. The fraction of sp³-hybridized carbons (Fsp3) is 0.889. The second-order valence-corrected chi connectivity index (χ2v) is 4.39. The summed E-state index contributed by atoms with van der Waals surface area (Å²) in [4.78, 5) is 0. The van der Waals surface area contributed by atoms with Gasteiger partial charge < -0.3 is 5.73 Å². The smallest absolute Gasteiger partial charge is 0.0936 e. The van der Waals surface area contributed by atoms with Crippen LogP contribution in [0.1, 0.15) is 39.5 Å². The maximum Gasteiger partial charge on any atom is 0.0936 e. The molecular weight excluding hydrogens is 136 g/mol. The van der Waals surface area contributed by atoms with E-state index in [-0.39, 0.29) is 0 Å². The maximum absolute atomic E-state index is 7.30. The molecule has 1 fully saturated rings. The predicted octanol–water partition coefficient (Wildman–Crippen LogP) is 2.14. The van der Waals surface area contributed by atoms with Gasteiger partial charge >= 0.3 is 0 Å². The second-order valence-electron chi connectivity index (χ2n) is 4.39. The van der Waals surface area contributed by atoms with Crippen LogP contribution in [0, 0.1) is 16.7 Å². The molecule has 1 rings (SSSR count). The third-order valence-electron chi connectivity index (χ3n) is 2.78. The zero-order valence-corrected chi connectivity index (χ0v) is 7.48. The quantitative estimate of drug-likeness (QED) is 0.441. The first kappa shape index (κ1) is 8.57. The minimum Gasteiger partial charge on any atom is -0.387 e. The van der Waals surface area contributed by atoms with E-state index in [1.54, 1.807) is 0 Å². The van der Waals surface area contributed by atoms with Gasteiger partial charge in [0.25, 0.3) is 0 Å². The van der Waals surface area contributed by atoms with Gasteiger partial charge in [0.05, 0.1) is 5.84 Å². The molecule has 0 aliphatic heterocycles. The Labute approximate surface area is 68.7 Å². The van der Waals surface area contributed by atoms with Crippen LogP contribution in [0.25, 0.3) is 0 Å². The van der Waals surface area contributed by atoms with Crippen molar-refractivity contribution in [1.29, 1.82) is 5.41 Å². The molecule has 0 spiro atoms. The molecule has 0 heterocycles. The summed E-state index contributed by atoms with van der Waals surface area (Å²) in [6.45, 7) is 4.59. The highest BCUT2D eigenvalue weighted by Crippen LogP contribution is 2.37. The van der Waals surface area contributed by atoms with Crippen LogP contribution in [0.3, 0.4) is 0 Å². The molecule has 3 N–H and O–H groups in total. The molecule has 1 aliphatic carbocycles. The van der Waals surface area contributed by atoms with Gasteiger partial charge in [-0.25, -0.2) is 0 Å². The van der Waals surface area contributed by atoms with E-state index in [1.165, 1.54) is 12.8 Å². The number of nitrogens with one attached hydrogen (secondary N) is 1. The molecule has 11 heavy (non-hydrogen) atoms. The SMILES string of the molecule is CC1(C)CCC(C(=N)N)CC1. The number of amidine groups is 1. The van der Waals surface area contributed by atoms with Crippen molar-refractivity contribution in [2.75, 3.05) is 0 Å². The summed E-state index contributed by atoms with van der Waals surface area (Å²) in [5.41, 5.74) is 5.93. The summed E-state index contributed by atoms with van der Waals surface area (Å²) >= 11 is 0. The Morgan fingerprint density at radius 3 is 2.18 bits per heavy atom. The largest absolute Gasteiger partial charge is 0.387 e. The van der Waals surface area contributed by atoms with Crippen molar-refractivity contribution >= 4 is 5.84 Å². The molecule has 0 aromatic heterocycles. The maximum atomic E-state index is 7.30. The monoisotopic (exact) mass is 154 g/mol. The first-order valence-electron chi connectivity index (χ1n) is 4.35. The molecule has 0 atom stereocenters. The predicted molar refractivity (Wildman–Crippen MR) is 47.7 cm³/mol.